The van der Waals surface area contributed by atoms with Gasteiger partial charge in [0.2, 0.25) is 11.8 Å². The summed E-state index contributed by atoms with van der Waals surface area (Å²) < 4.78 is 0. The molecule has 3 aromatic rings. The molecule has 0 heterocycles. The number of amides is 2. The zero-order chi connectivity index (χ0) is 23.5. The van der Waals surface area contributed by atoms with Crippen molar-refractivity contribution >= 4 is 23.4 Å². The van der Waals surface area contributed by atoms with Gasteiger partial charge in [0, 0.05) is 31.0 Å². The molecule has 0 aliphatic carbocycles. The molecule has 1 atom stereocenters. The van der Waals surface area contributed by atoms with Gasteiger partial charge in [-0.15, -0.1) is 6.58 Å². The molecule has 170 valence electrons. The van der Waals surface area contributed by atoms with Gasteiger partial charge in [0.15, 0.2) is 0 Å². The monoisotopic (exact) mass is 460 g/mol. The normalized spacial score (nSPS) is 11.4. The molecule has 5 heteroatoms. The first-order chi connectivity index (χ1) is 16.1. The average Bonchev–Trinajstić information content (AvgIpc) is 2.85. The number of benzene rings is 3. The van der Waals surface area contributed by atoms with Gasteiger partial charge in [-0.1, -0.05) is 90.5 Å². The van der Waals surface area contributed by atoms with E-state index in [1.165, 1.54) is 0 Å². The van der Waals surface area contributed by atoms with Gasteiger partial charge in [-0.2, -0.15) is 0 Å². The molecule has 0 radical (unpaired) electrons. The number of carbonyl (C=O) groups excluding carboxylic acids is 2. The molecule has 0 saturated carbocycles. The summed E-state index contributed by atoms with van der Waals surface area (Å²) in [6.45, 7) is 4.35. The third-order valence-electron chi connectivity index (χ3n) is 5.43. The van der Waals surface area contributed by atoms with E-state index in [1.807, 2.05) is 72.8 Å². The van der Waals surface area contributed by atoms with Crippen LogP contribution in [0.1, 0.15) is 23.1 Å². The van der Waals surface area contributed by atoms with Gasteiger partial charge >= 0.3 is 0 Å². The summed E-state index contributed by atoms with van der Waals surface area (Å²) in [7, 11) is 0. The van der Waals surface area contributed by atoms with E-state index in [2.05, 4.69) is 11.9 Å². The van der Waals surface area contributed by atoms with Crippen molar-refractivity contribution in [1.29, 1.82) is 0 Å². The lowest BCUT2D eigenvalue weighted by Gasteiger charge is -2.31. The zero-order valence-corrected chi connectivity index (χ0v) is 19.4. The third kappa shape index (κ3) is 7.62. The van der Waals surface area contributed by atoms with Crippen LogP contribution in [0.3, 0.4) is 0 Å². The Morgan fingerprint density at radius 2 is 1.48 bits per heavy atom. The predicted molar refractivity (Wildman–Crippen MR) is 134 cm³/mol. The van der Waals surface area contributed by atoms with Crippen molar-refractivity contribution in [1.82, 2.24) is 10.2 Å². The van der Waals surface area contributed by atoms with Crippen LogP contribution in [0.2, 0.25) is 5.02 Å². The highest BCUT2D eigenvalue weighted by atomic mass is 35.5. The maximum absolute atomic E-state index is 13.5. The van der Waals surface area contributed by atoms with Crippen molar-refractivity contribution in [3.05, 3.63) is 119 Å². The molecule has 0 aliphatic heterocycles. The fourth-order valence-corrected chi connectivity index (χ4v) is 3.80. The van der Waals surface area contributed by atoms with Crippen LogP contribution in [0.5, 0.6) is 0 Å². The lowest BCUT2D eigenvalue weighted by Crippen LogP contribution is -2.50. The largest absolute Gasteiger partial charge is 0.351 e. The van der Waals surface area contributed by atoms with Crippen LogP contribution in [0.15, 0.2) is 97.6 Å². The third-order valence-corrected chi connectivity index (χ3v) is 5.68. The molecular weight excluding hydrogens is 432 g/mol. The van der Waals surface area contributed by atoms with E-state index in [0.29, 0.717) is 37.4 Å². The highest BCUT2D eigenvalue weighted by Gasteiger charge is 2.29. The molecular formula is C28H29ClN2O2. The predicted octanol–water partition coefficient (Wildman–Crippen LogP) is 5.21. The second kappa shape index (κ2) is 12.6. The first-order valence-corrected chi connectivity index (χ1v) is 11.4. The van der Waals surface area contributed by atoms with Crippen LogP contribution in [-0.4, -0.2) is 29.3 Å². The Labute approximate surface area is 200 Å². The number of aryl methyl sites for hydroxylation is 1. The van der Waals surface area contributed by atoms with Crippen LogP contribution < -0.4 is 5.32 Å². The van der Waals surface area contributed by atoms with Crippen molar-refractivity contribution in [2.75, 3.05) is 6.54 Å². The van der Waals surface area contributed by atoms with E-state index in [-0.39, 0.29) is 11.8 Å². The Kier molecular flexibility index (Phi) is 9.28. The standard InChI is InChI=1S/C28H29ClN2O2/c1-2-19-30-28(33)26(20-23-11-7-4-8-12-23)31(21-24-13-16-25(29)17-14-24)27(32)18-15-22-9-5-3-6-10-22/h2-14,16-17,26H,1,15,18-21H2,(H,30,33). The number of hydrogen-bond acceptors (Lipinski definition) is 2. The van der Waals surface area contributed by atoms with E-state index < -0.39 is 6.04 Å². The number of nitrogens with zero attached hydrogens (tertiary/aromatic N) is 1. The Bertz CT molecular complexity index is 1040. The first-order valence-electron chi connectivity index (χ1n) is 11.1. The minimum Gasteiger partial charge on any atom is -0.351 e. The summed E-state index contributed by atoms with van der Waals surface area (Å²) in [5.74, 6) is -0.260. The fourth-order valence-electron chi connectivity index (χ4n) is 3.67. The maximum atomic E-state index is 13.5. The molecule has 0 saturated heterocycles. The second-order valence-corrected chi connectivity index (χ2v) is 8.31. The summed E-state index contributed by atoms with van der Waals surface area (Å²) in [4.78, 5) is 28.4. The van der Waals surface area contributed by atoms with Gasteiger partial charge < -0.3 is 10.2 Å². The highest BCUT2D eigenvalue weighted by Crippen LogP contribution is 2.18. The summed E-state index contributed by atoms with van der Waals surface area (Å²) in [6, 6.07) is 26.4. The molecule has 0 spiro atoms. The number of nitrogens with one attached hydrogen (secondary N) is 1. The molecule has 1 unspecified atom stereocenters. The van der Waals surface area contributed by atoms with Crippen LogP contribution in [0.25, 0.3) is 0 Å². The summed E-state index contributed by atoms with van der Waals surface area (Å²) in [6.07, 6.45) is 2.99. The van der Waals surface area contributed by atoms with Crippen LogP contribution in [0, 0.1) is 0 Å². The van der Waals surface area contributed by atoms with Crippen molar-refractivity contribution in [3.63, 3.8) is 0 Å². The van der Waals surface area contributed by atoms with Crippen molar-refractivity contribution in [2.45, 2.75) is 31.8 Å². The maximum Gasteiger partial charge on any atom is 0.243 e. The Balaban J connectivity index is 1.88. The van der Waals surface area contributed by atoms with Gasteiger partial charge in [0.05, 0.1) is 0 Å². The van der Waals surface area contributed by atoms with Crippen molar-refractivity contribution in [3.8, 4) is 0 Å². The number of carbonyl (C=O) groups is 2. The Morgan fingerprint density at radius 3 is 2.09 bits per heavy atom. The van der Waals surface area contributed by atoms with Crippen LogP contribution in [0.4, 0.5) is 0 Å². The SMILES string of the molecule is C=CCNC(=O)C(Cc1ccccc1)N(Cc1ccc(Cl)cc1)C(=O)CCc1ccccc1. The van der Waals surface area contributed by atoms with E-state index in [0.717, 1.165) is 16.7 Å². The zero-order valence-electron chi connectivity index (χ0n) is 18.6. The molecule has 3 aromatic carbocycles. The van der Waals surface area contributed by atoms with Gasteiger partial charge in [-0.3, -0.25) is 9.59 Å². The first kappa shape index (κ1) is 24.3. The van der Waals surface area contributed by atoms with Crippen molar-refractivity contribution in [2.24, 2.45) is 0 Å². The molecule has 2 amide bonds. The second-order valence-electron chi connectivity index (χ2n) is 7.87. The van der Waals surface area contributed by atoms with Crippen molar-refractivity contribution < 1.29 is 9.59 Å². The highest BCUT2D eigenvalue weighted by molar-refractivity contribution is 6.30. The quantitative estimate of drug-likeness (QED) is 0.399. The lowest BCUT2D eigenvalue weighted by molar-refractivity contribution is -0.141. The summed E-state index contributed by atoms with van der Waals surface area (Å²) in [5.41, 5.74) is 3.00. The molecule has 4 nitrogen and oxygen atoms in total. The average molecular weight is 461 g/mol. The molecule has 33 heavy (non-hydrogen) atoms. The molecule has 1 N–H and O–H groups in total. The Morgan fingerprint density at radius 1 is 0.879 bits per heavy atom. The van der Waals surface area contributed by atoms with Gasteiger partial charge in [-0.05, 0) is 35.2 Å². The summed E-state index contributed by atoms with van der Waals surface area (Å²) >= 11 is 6.05. The molecule has 3 rings (SSSR count). The van der Waals surface area contributed by atoms with E-state index >= 15 is 0 Å². The number of halogens is 1. The molecule has 0 aliphatic rings. The van der Waals surface area contributed by atoms with Crippen LogP contribution >= 0.6 is 11.6 Å². The minimum atomic E-state index is -0.647. The summed E-state index contributed by atoms with van der Waals surface area (Å²) in [5, 5.41) is 3.51. The van der Waals surface area contributed by atoms with Gasteiger partial charge in [0.1, 0.15) is 6.04 Å². The van der Waals surface area contributed by atoms with Crippen LogP contribution in [-0.2, 0) is 29.0 Å². The number of hydrogen-bond donors (Lipinski definition) is 1. The topological polar surface area (TPSA) is 49.4 Å². The van der Waals surface area contributed by atoms with E-state index in [1.54, 1.807) is 23.1 Å². The molecule has 0 fully saturated rings. The number of rotatable bonds is 11. The smallest absolute Gasteiger partial charge is 0.243 e. The molecule has 0 bridgehead atoms. The lowest BCUT2D eigenvalue weighted by atomic mass is 10.0. The Hall–Kier alpha value is -3.37. The van der Waals surface area contributed by atoms with E-state index in [4.69, 9.17) is 11.6 Å². The minimum absolute atomic E-state index is 0.0662. The fraction of sp³-hybridized carbons (Fsp3) is 0.214. The van der Waals surface area contributed by atoms with Gasteiger partial charge in [0.25, 0.3) is 0 Å². The van der Waals surface area contributed by atoms with Gasteiger partial charge in [-0.25, -0.2) is 0 Å². The van der Waals surface area contributed by atoms with E-state index in [9.17, 15) is 9.59 Å². The molecule has 0 aromatic heterocycles.